The molecule has 2 fully saturated rings. The summed E-state index contributed by atoms with van der Waals surface area (Å²) >= 11 is 0. The zero-order valence-electron chi connectivity index (χ0n) is 12.2. The van der Waals surface area contributed by atoms with Gasteiger partial charge < -0.3 is 10.6 Å². The molecule has 0 aromatic heterocycles. The van der Waals surface area contributed by atoms with Gasteiger partial charge in [0.05, 0.1) is 5.92 Å². The highest BCUT2D eigenvalue weighted by atomic mass is 16.2. The molecule has 1 saturated carbocycles. The van der Waals surface area contributed by atoms with Crippen molar-refractivity contribution in [2.75, 3.05) is 13.1 Å². The van der Waals surface area contributed by atoms with Crippen LogP contribution in [0.4, 0.5) is 0 Å². The van der Waals surface area contributed by atoms with Gasteiger partial charge in [0, 0.05) is 19.1 Å². The molecular formula is C17H24N2O. The van der Waals surface area contributed by atoms with E-state index in [0.29, 0.717) is 23.8 Å². The highest BCUT2D eigenvalue weighted by molar-refractivity contribution is 5.84. The fourth-order valence-electron chi connectivity index (χ4n) is 3.95. The van der Waals surface area contributed by atoms with Crippen LogP contribution in [0.15, 0.2) is 30.3 Å². The topological polar surface area (TPSA) is 46.3 Å². The first-order valence-electron chi connectivity index (χ1n) is 7.80. The average Bonchev–Trinajstić information content (AvgIpc) is 3.03. The summed E-state index contributed by atoms with van der Waals surface area (Å²) in [5, 5.41) is 0. The van der Waals surface area contributed by atoms with Gasteiger partial charge in [-0.1, -0.05) is 37.3 Å². The maximum atomic E-state index is 12.8. The molecule has 4 unspecified atom stereocenters. The van der Waals surface area contributed by atoms with E-state index in [1.54, 1.807) is 0 Å². The number of fused-ring (bicyclic) bond motifs is 1. The molecule has 0 spiro atoms. The Balaban J connectivity index is 1.72. The van der Waals surface area contributed by atoms with E-state index < -0.39 is 0 Å². The lowest BCUT2D eigenvalue weighted by Crippen LogP contribution is -2.36. The Morgan fingerprint density at radius 2 is 2.05 bits per heavy atom. The maximum Gasteiger partial charge on any atom is 0.230 e. The van der Waals surface area contributed by atoms with Gasteiger partial charge in [0.25, 0.3) is 0 Å². The van der Waals surface area contributed by atoms with Crippen LogP contribution < -0.4 is 5.73 Å². The summed E-state index contributed by atoms with van der Waals surface area (Å²) in [5.41, 5.74) is 7.30. The average molecular weight is 272 g/mol. The monoisotopic (exact) mass is 272 g/mol. The third-order valence-electron chi connectivity index (χ3n) is 5.13. The normalized spacial score (nSPS) is 30.3. The second-order valence-corrected chi connectivity index (χ2v) is 6.28. The predicted molar refractivity (Wildman–Crippen MR) is 80.2 cm³/mol. The molecule has 3 nitrogen and oxygen atoms in total. The molecule has 1 aliphatic heterocycles. The van der Waals surface area contributed by atoms with Gasteiger partial charge in [0.1, 0.15) is 0 Å². The number of hydrogen-bond donors (Lipinski definition) is 1. The minimum Gasteiger partial charge on any atom is -0.342 e. The van der Waals surface area contributed by atoms with E-state index in [4.69, 9.17) is 5.73 Å². The van der Waals surface area contributed by atoms with Gasteiger partial charge in [-0.15, -0.1) is 0 Å². The van der Waals surface area contributed by atoms with Gasteiger partial charge in [-0.25, -0.2) is 0 Å². The van der Waals surface area contributed by atoms with Crippen LogP contribution in [0.1, 0.15) is 37.7 Å². The molecule has 1 saturated heterocycles. The molecule has 1 aliphatic carbocycles. The van der Waals surface area contributed by atoms with E-state index in [2.05, 4.69) is 24.0 Å². The molecule has 3 heteroatoms. The largest absolute Gasteiger partial charge is 0.342 e. The lowest BCUT2D eigenvalue weighted by Gasteiger charge is -2.24. The molecule has 2 aliphatic rings. The molecule has 1 aromatic carbocycles. The summed E-state index contributed by atoms with van der Waals surface area (Å²) in [4.78, 5) is 14.9. The summed E-state index contributed by atoms with van der Waals surface area (Å²) in [6.07, 6.45) is 3.19. The Labute approximate surface area is 121 Å². The highest BCUT2D eigenvalue weighted by Crippen LogP contribution is 2.38. The van der Waals surface area contributed by atoms with Crippen molar-refractivity contribution in [1.82, 2.24) is 4.90 Å². The first kappa shape index (κ1) is 13.6. The Morgan fingerprint density at radius 3 is 2.70 bits per heavy atom. The summed E-state index contributed by atoms with van der Waals surface area (Å²) < 4.78 is 0. The van der Waals surface area contributed by atoms with Gasteiger partial charge in [-0.05, 0) is 36.7 Å². The molecule has 1 heterocycles. The molecule has 108 valence electrons. The summed E-state index contributed by atoms with van der Waals surface area (Å²) in [5.74, 6) is 1.47. The minimum absolute atomic E-state index is 0.00579. The number of nitrogens with zero attached hydrogens (tertiary/aromatic N) is 1. The lowest BCUT2D eigenvalue weighted by atomic mass is 9.95. The third-order valence-corrected chi connectivity index (χ3v) is 5.13. The third kappa shape index (κ3) is 2.35. The Morgan fingerprint density at radius 1 is 1.30 bits per heavy atom. The number of amides is 1. The van der Waals surface area contributed by atoms with Crippen molar-refractivity contribution < 1.29 is 4.79 Å². The van der Waals surface area contributed by atoms with E-state index in [1.807, 2.05) is 18.2 Å². The number of rotatable bonds is 3. The van der Waals surface area contributed by atoms with Crippen LogP contribution in [-0.2, 0) is 4.79 Å². The van der Waals surface area contributed by atoms with Crippen molar-refractivity contribution in [3.8, 4) is 0 Å². The van der Waals surface area contributed by atoms with Crippen LogP contribution in [0.3, 0.4) is 0 Å². The SMILES string of the molecule is CCC(C(=O)N1CC2CCC(N)C2C1)c1ccccc1. The fourth-order valence-corrected chi connectivity index (χ4v) is 3.95. The van der Waals surface area contributed by atoms with Crippen molar-refractivity contribution in [2.24, 2.45) is 17.6 Å². The van der Waals surface area contributed by atoms with Crippen LogP contribution in [0.25, 0.3) is 0 Å². The van der Waals surface area contributed by atoms with Crippen molar-refractivity contribution in [3.63, 3.8) is 0 Å². The molecule has 0 radical (unpaired) electrons. The number of benzene rings is 1. The molecule has 2 N–H and O–H groups in total. The van der Waals surface area contributed by atoms with Crippen molar-refractivity contribution in [2.45, 2.75) is 38.1 Å². The smallest absolute Gasteiger partial charge is 0.230 e. The van der Waals surface area contributed by atoms with E-state index in [0.717, 1.165) is 31.5 Å². The molecule has 20 heavy (non-hydrogen) atoms. The summed E-state index contributed by atoms with van der Waals surface area (Å²) in [6, 6.07) is 10.5. The van der Waals surface area contributed by atoms with Crippen molar-refractivity contribution >= 4 is 5.91 Å². The minimum atomic E-state index is 0.00579. The number of carbonyl (C=O) groups excluding carboxylic acids is 1. The molecule has 1 amide bonds. The first-order valence-corrected chi connectivity index (χ1v) is 7.80. The molecule has 3 rings (SSSR count). The maximum absolute atomic E-state index is 12.8. The number of nitrogens with two attached hydrogens (primary N) is 1. The van der Waals surface area contributed by atoms with Crippen LogP contribution in [0.5, 0.6) is 0 Å². The van der Waals surface area contributed by atoms with Gasteiger partial charge in [-0.3, -0.25) is 4.79 Å². The molecular weight excluding hydrogens is 248 g/mol. The zero-order valence-corrected chi connectivity index (χ0v) is 12.2. The lowest BCUT2D eigenvalue weighted by molar-refractivity contribution is -0.132. The van der Waals surface area contributed by atoms with E-state index in [1.165, 1.54) is 6.42 Å². The summed E-state index contributed by atoms with van der Waals surface area (Å²) in [7, 11) is 0. The van der Waals surface area contributed by atoms with Crippen LogP contribution >= 0.6 is 0 Å². The van der Waals surface area contributed by atoms with Crippen LogP contribution in [0.2, 0.25) is 0 Å². The first-order chi connectivity index (χ1) is 9.70. The van der Waals surface area contributed by atoms with Crippen molar-refractivity contribution in [1.29, 1.82) is 0 Å². The van der Waals surface area contributed by atoms with Crippen LogP contribution in [0, 0.1) is 11.8 Å². The standard InChI is InChI=1S/C17H24N2O/c1-2-14(12-6-4-3-5-7-12)17(20)19-10-13-8-9-16(18)15(13)11-19/h3-7,13-16H,2,8-11,18H2,1H3. The van der Waals surface area contributed by atoms with Gasteiger partial charge in [0.2, 0.25) is 5.91 Å². The fraction of sp³-hybridized carbons (Fsp3) is 0.588. The number of carbonyl (C=O) groups is 1. The second-order valence-electron chi connectivity index (χ2n) is 6.28. The van der Waals surface area contributed by atoms with Gasteiger partial charge in [0.15, 0.2) is 0 Å². The summed E-state index contributed by atoms with van der Waals surface area (Å²) in [6.45, 7) is 3.88. The van der Waals surface area contributed by atoms with Gasteiger partial charge in [-0.2, -0.15) is 0 Å². The number of likely N-dealkylation sites (tertiary alicyclic amines) is 1. The zero-order chi connectivity index (χ0) is 14.1. The van der Waals surface area contributed by atoms with E-state index in [-0.39, 0.29) is 5.92 Å². The molecule has 4 atom stereocenters. The Hall–Kier alpha value is -1.35. The van der Waals surface area contributed by atoms with Crippen molar-refractivity contribution in [3.05, 3.63) is 35.9 Å². The highest BCUT2D eigenvalue weighted by Gasteiger charge is 2.43. The van der Waals surface area contributed by atoms with Crippen LogP contribution in [-0.4, -0.2) is 29.9 Å². The Bertz CT molecular complexity index is 473. The Kier molecular flexibility index (Phi) is 3.79. The van der Waals surface area contributed by atoms with Gasteiger partial charge >= 0.3 is 0 Å². The van der Waals surface area contributed by atoms with E-state index >= 15 is 0 Å². The quantitative estimate of drug-likeness (QED) is 0.918. The second kappa shape index (κ2) is 5.57. The number of hydrogen-bond acceptors (Lipinski definition) is 2. The van der Waals surface area contributed by atoms with E-state index in [9.17, 15) is 4.79 Å². The molecule has 1 aromatic rings. The molecule has 0 bridgehead atoms. The predicted octanol–water partition coefficient (Wildman–Crippen LogP) is 2.38.